The van der Waals surface area contributed by atoms with Crippen LogP contribution in [0.3, 0.4) is 0 Å². The van der Waals surface area contributed by atoms with Crippen LogP contribution in [0.15, 0.2) is 24.4 Å². The first-order valence-corrected chi connectivity index (χ1v) is 5.37. The number of nitrogens with one attached hydrogen (secondary N) is 1. The second kappa shape index (κ2) is 2.86. The van der Waals surface area contributed by atoms with Crippen LogP contribution in [-0.2, 0) is 10.2 Å². The fourth-order valence-corrected chi connectivity index (χ4v) is 2.34. The number of hydrogen-bond donors (Lipinski definition) is 1. The first-order chi connectivity index (χ1) is 7.27. The van der Waals surface area contributed by atoms with Crippen LogP contribution >= 0.6 is 11.6 Å². The molecule has 1 aliphatic rings. The van der Waals surface area contributed by atoms with Crippen molar-refractivity contribution in [1.29, 1.82) is 0 Å². The molecule has 1 aromatic carbocycles. The van der Waals surface area contributed by atoms with Gasteiger partial charge < -0.3 is 9.78 Å². The lowest BCUT2D eigenvalue weighted by Crippen LogP contribution is -2.06. The number of carbonyl (C=O) groups is 1. The third-order valence-corrected chi connectivity index (χ3v) is 3.53. The number of hydrogen-bond acceptors (Lipinski definition) is 1. The van der Waals surface area contributed by atoms with Crippen molar-refractivity contribution in [2.45, 2.75) is 18.3 Å². The Balaban J connectivity index is 2.29. The predicted octanol–water partition coefficient (Wildman–Crippen LogP) is 3.05. The molecule has 1 aliphatic carbocycles. The fourth-order valence-electron chi connectivity index (χ4n) is 2.11. The highest BCUT2D eigenvalue weighted by Gasteiger charge is 2.45. The molecule has 0 unspecified atom stereocenters. The van der Waals surface area contributed by atoms with E-state index in [2.05, 4.69) is 4.98 Å². The summed E-state index contributed by atoms with van der Waals surface area (Å²) < 4.78 is 0. The molecule has 0 saturated heterocycles. The van der Waals surface area contributed by atoms with Crippen LogP contribution < -0.4 is 0 Å². The number of aldehydes is 1. The van der Waals surface area contributed by atoms with Gasteiger partial charge in [0.25, 0.3) is 0 Å². The van der Waals surface area contributed by atoms with Gasteiger partial charge in [0.1, 0.15) is 6.29 Å². The average molecular weight is 220 g/mol. The summed E-state index contributed by atoms with van der Waals surface area (Å²) >= 11 is 6.06. The maximum atomic E-state index is 11.1. The molecule has 0 radical (unpaired) electrons. The molecule has 0 bridgehead atoms. The predicted molar refractivity (Wildman–Crippen MR) is 60.3 cm³/mol. The lowest BCUT2D eigenvalue weighted by Gasteiger charge is -2.04. The molecule has 2 nitrogen and oxygen atoms in total. The van der Waals surface area contributed by atoms with E-state index in [1.54, 1.807) is 0 Å². The Morgan fingerprint density at radius 3 is 2.87 bits per heavy atom. The van der Waals surface area contributed by atoms with Gasteiger partial charge in [0.15, 0.2) is 0 Å². The van der Waals surface area contributed by atoms with E-state index in [9.17, 15) is 4.79 Å². The van der Waals surface area contributed by atoms with E-state index in [1.807, 2.05) is 24.4 Å². The number of aromatic nitrogens is 1. The fraction of sp³-hybridized carbons (Fsp3) is 0.250. The molecule has 3 rings (SSSR count). The van der Waals surface area contributed by atoms with Crippen LogP contribution in [0.5, 0.6) is 0 Å². The minimum Gasteiger partial charge on any atom is -0.360 e. The number of H-pyrrole nitrogens is 1. The Bertz CT molecular complexity index is 540. The van der Waals surface area contributed by atoms with Gasteiger partial charge >= 0.3 is 0 Å². The molecule has 1 N–H and O–H groups in total. The molecule has 2 aromatic rings. The normalized spacial score (nSPS) is 17.9. The molecule has 1 aromatic heterocycles. The second-order valence-corrected chi connectivity index (χ2v) is 4.55. The summed E-state index contributed by atoms with van der Waals surface area (Å²) in [4.78, 5) is 14.2. The van der Waals surface area contributed by atoms with Crippen LogP contribution in [0.1, 0.15) is 18.4 Å². The van der Waals surface area contributed by atoms with Crippen LogP contribution in [0.4, 0.5) is 0 Å². The molecule has 76 valence electrons. The van der Waals surface area contributed by atoms with E-state index in [-0.39, 0.29) is 5.41 Å². The summed E-state index contributed by atoms with van der Waals surface area (Å²) in [5.41, 5.74) is 1.79. The van der Waals surface area contributed by atoms with Crippen molar-refractivity contribution >= 4 is 28.8 Å². The molecule has 0 aliphatic heterocycles. The summed E-state index contributed by atoms with van der Waals surface area (Å²) in [6, 6.07) is 5.78. The zero-order chi connectivity index (χ0) is 10.5. The van der Waals surface area contributed by atoms with Gasteiger partial charge in [-0.25, -0.2) is 0 Å². The SMILES string of the molecule is O=CC1(c2c[nH]c3c(Cl)cccc23)CC1. The summed E-state index contributed by atoms with van der Waals surface area (Å²) in [5, 5.41) is 1.78. The standard InChI is InChI=1S/C12H10ClNO/c13-10-3-1-2-8-9(6-14-11(8)10)12(7-15)4-5-12/h1-3,6-7,14H,4-5H2. The van der Waals surface area contributed by atoms with Crippen LogP contribution in [0.25, 0.3) is 10.9 Å². The van der Waals surface area contributed by atoms with Crippen LogP contribution in [0, 0.1) is 0 Å². The molecule has 3 heteroatoms. The highest BCUT2D eigenvalue weighted by atomic mass is 35.5. The number of benzene rings is 1. The van der Waals surface area contributed by atoms with Gasteiger partial charge in [-0.15, -0.1) is 0 Å². The molecule has 1 heterocycles. The van der Waals surface area contributed by atoms with Gasteiger partial charge in [0.2, 0.25) is 0 Å². The van der Waals surface area contributed by atoms with Gasteiger partial charge in [-0.3, -0.25) is 0 Å². The quantitative estimate of drug-likeness (QED) is 0.774. The summed E-state index contributed by atoms with van der Waals surface area (Å²) in [7, 11) is 0. The third-order valence-electron chi connectivity index (χ3n) is 3.22. The van der Waals surface area contributed by atoms with E-state index in [0.717, 1.165) is 35.6 Å². The molecule has 1 fully saturated rings. The van der Waals surface area contributed by atoms with Crippen molar-refractivity contribution in [2.75, 3.05) is 0 Å². The monoisotopic (exact) mass is 219 g/mol. The van der Waals surface area contributed by atoms with Gasteiger partial charge in [-0.2, -0.15) is 0 Å². The molecule has 0 amide bonds. The second-order valence-electron chi connectivity index (χ2n) is 4.14. The minimum atomic E-state index is -0.233. The van der Waals surface area contributed by atoms with Crippen molar-refractivity contribution in [2.24, 2.45) is 0 Å². The highest BCUT2D eigenvalue weighted by molar-refractivity contribution is 6.35. The number of aromatic amines is 1. The number of rotatable bonds is 2. The first-order valence-electron chi connectivity index (χ1n) is 4.99. The number of carbonyl (C=O) groups excluding carboxylic acids is 1. The largest absolute Gasteiger partial charge is 0.360 e. The lowest BCUT2D eigenvalue weighted by molar-refractivity contribution is -0.109. The van der Waals surface area contributed by atoms with Crippen LogP contribution in [-0.4, -0.2) is 11.3 Å². The smallest absolute Gasteiger partial charge is 0.130 e. The van der Waals surface area contributed by atoms with E-state index >= 15 is 0 Å². The molecular formula is C12H10ClNO. The highest BCUT2D eigenvalue weighted by Crippen LogP contribution is 2.49. The van der Waals surface area contributed by atoms with Gasteiger partial charge in [-0.05, 0) is 24.5 Å². The van der Waals surface area contributed by atoms with Crippen molar-refractivity contribution in [1.82, 2.24) is 4.98 Å². The summed E-state index contributed by atoms with van der Waals surface area (Å²) in [6.45, 7) is 0. The van der Waals surface area contributed by atoms with E-state index in [4.69, 9.17) is 11.6 Å². The third kappa shape index (κ3) is 1.15. The van der Waals surface area contributed by atoms with Gasteiger partial charge in [0.05, 0.1) is 16.0 Å². The lowest BCUT2D eigenvalue weighted by atomic mass is 9.97. The van der Waals surface area contributed by atoms with Crippen molar-refractivity contribution in [3.63, 3.8) is 0 Å². The van der Waals surface area contributed by atoms with Gasteiger partial charge in [0, 0.05) is 11.6 Å². The maximum absolute atomic E-state index is 11.1. The Labute approximate surface area is 92.2 Å². The maximum Gasteiger partial charge on any atom is 0.130 e. The molecule has 15 heavy (non-hydrogen) atoms. The average Bonchev–Trinajstić information content (AvgIpc) is 2.92. The minimum absolute atomic E-state index is 0.233. The summed E-state index contributed by atoms with van der Waals surface area (Å²) in [6.07, 6.45) is 4.89. The Morgan fingerprint density at radius 1 is 1.40 bits per heavy atom. The molecular weight excluding hydrogens is 210 g/mol. The zero-order valence-corrected chi connectivity index (χ0v) is 8.84. The Morgan fingerprint density at radius 2 is 2.20 bits per heavy atom. The van der Waals surface area contributed by atoms with E-state index in [0.29, 0.717) is 5.02 Å². The number of halogens is 1. The van der Waals surface area contributed by atoms with E-state index < -0.39 is 0 Å². The Kier molecular flexibility index (Phi) is 1.71. The molecule has 0 atom stereocenters. The topological polar surface area (TPSA) is 32.9 Å². The first kappa shape index (κ1) is 8.98. The molecule has 0 spiro atoms. The Hall–Kier alpha value is -1.28. The van der Waals surface area contributed by atoms with Crippen molar-refractivity contribution in [3.05, 3.63) is 35.0 Å². The number of fused-ring (bicyclic) bond motifs is 1. The van der Waals surface area contributed by atoms with Crippen LogP contribution in [0.2, 0.25) is 5.02 Å². The van der Waals surface area contributed by atoms with Crippen molar-refractivity contribution in [3.8, 4) is 0 Å². The van der Waals surface area contributed by atoms with Gasteiger partial charge in [-0.1, -0.05) is 23.7 Å². The van der Waals surface area contributed by atoms with E-state index in [1.165, 1.54) is 0 Å². The molecule has 1 saturated carbocycles. The number of para-hydroxylation sites is 1. The van der Waals surface area contributed by atoms with Crippen molar-refractivity contribution < 1.29 is 4.79 Å². The zero-order valence-electron chi connectivity index (χ0n) is 8.09. The summed E-state index contributed by atoms with van der Waals surface area (Å²) in [5.74, 6) is 0.